The largest absolute Gasteiger partial charge is 0.351 e. The molecule has 10 heteroatoms. The minimum atomic E-state index is -0.480. The second-order valence-corrected chi connectivity index (χ2v) is 8.69. The number of aryl methyl sites for hydroxylation is 1. The molecule has 0 unspecified atom stereocenters. The van der Waals surface area contributed by atoms with E-state index in [2.05, 4.69) is 30.5 Å². The standard InChI is InChI=1S/C21H24N6O3S/c1-13-16(24-12-23-13)11-22-19(29)14-4-6-15(7-5-14)25-18(28)10-17-20(30)26-21(31-17)27-8-2-3-9-27/h4-7,12,17H,2-3,8-11H2,1H3,(H,22,29)(H,23,24)(H,25,28)/t17-/m1/s1. The van der Waals surface area contributed by atoms with Gasteiger partial charge in [-0.1, -0.05) is 11.8 Å². The topological polar surface area (TPSA) is 120 Å². The van der Waals surface area contributed by atoms with Crippen LogP contribution in [0.2, 0.25) is 0 Å². The molecule has 3 amide bonds. The van der Waals surface area contributed by atoms with Gasteiger partial charge in [0.05, 0.1) is 18.6 Å². The Morgan fingerprint density at radius 3 is 2.65 bits per heavy atom. The number of likely N-dealkylation sites (tertiary alicyclic amines) is 1. The van der Waals surface area contributed by atoms with E-state index in [0.29, 0.717) is 17.8 Å². The fourth-order valence-electron chi connectivity index (χ4n) is 3.47. The van der Waals surface area contributed by atoms with Crippen LogP contribution in [0, 0.1) is 6.92 Å². The molecular formula is C21H24N6O3S. The second kappa shape index (κ2) is 9.34. The predicted molar refractivity (Wildman–Crippen MR) is 119 cm³/mol. The number of hydrogen-bond acceptors (Lipinski definition) is 6. The summed E-state index contributed by atoms with van der Waals surface area (Å²) >= 11 is 1.37. The number of aromatic nitrogens is 2. The smallest absolute Gasteiger partial charge is 0.262 e. The molecule has 2 aromatic rings. The third-order valence-electron chi connectivity index (χ3n) is 5.26. The number of anilines is 1. The van der Waals surface area contributed by atoms with E-state index in [1.54, 1.807) is 30.6 Å². The van der Waals surface area contributed by atoms with Crippen molar-refractivity contribution in [3.8, 4) is 0 Å². The number of amidine groups is 1. The summed E-state index contributed by atoms with van der Waals surface area (Å²) in [5.41, 5.74) is 2.75. The number of hydrogen-bond donors (Lipinski definition) is 3. The van der Waals surface area contributed by atoms with Gasteiger partial charge < -0.3 is 20.5 Å². The molecular weight excluding hydrogens is 416 g/mol. The van der Waals surface area contributed by atoms with E-state index in [1.165, 1.54) is 11.8 Å². The molecule has 9 nitrogen and oxygen atoms in total. The number of H-pyrrole nitrogens is 1. The van der Waals surface area contributed by atoms with Crippen molar-refractivity contribution in [3.05, 3.63) is 47.5 Å². The Labute approximate surface area is 184 Å². The van der Waals surface area contributed by atoms with Gasteiger partial charge in [0.25, 0.3) is 11.8 Å². The lowest BCUT2D eigenvalue weighted by atomic mass is 10.2. The average Bonchev–Trinajstić information content (AvgIpc) is 3.49. The molecule has 2 aliphatic heterocycles. The lowest BCUT2D eigenvalue weighted by molar-refractivity contribution is -0.121. The van der Waals surface area contributed by atoms with E-state index in [0.717, 1.165) is 42.5 Å². The van der Waals surface area contributed by atoms with Crippen molar-refractivity contribution in [1.82, 2.24) is 20.2 Å². The maximum atomic E-state index is 12.4. The highest BCUT2D eigenvalue weighted by atomic mass is 32.2. The molecule has 0 radical (unpaired) electrons. The SMILES string of the molecule is Cc1[nH]cnc1CNC(=O)c1ccc(NC(=O)C[C@H]2SC(N3CCCC3)=NC2=O)cc1. The highest BCUT2D eigenvalue weighted by Crippen LogP contribution is 2.29. The van der Waals surface area contributed by atoms with Gasteiger partial charge in [-0.2, -0.15) is 4.99 Å². The van der Waals surface area contributed by atoms with Crippen LogP contribution in [0.3, 0.4) is 0 Å². The number of nitrogens with one attached hydrogen (secondary N) is 3. The Hall–Kier alpha value is -3.14. The highest BCUT2D eigenvalue weighted by molar-refractivity contribution is 8.15. The van der Waals surface area contributed by atoms with Crippen LogP contribution in [0.5, 0.6) is 0 Å². The van der Waals surface area contributed by atoms with Gasteiger partial charge in [-0.15, -0.1) is 0 Å². The van der Waals surface area contributed by atoms with Crippen LogP contribution in [-0.2, 0) is 16.1 Å². The normalized spacial score (nSPS) is 18.2. The lowest BCUT2D eigenvalue weighted by Crippen LogP contribution is -2.25. The summed E-state index contributed by atoms with van der Waals surface area (Å²) in [6, 6.07) is 6.63. The van der Waals surface area contributed by atoms with Crippen molar-refractivity contribution in [2.24, 2.45) is 4.99 Å². The summed E-state index contributed by atoms with van der Waals surface area (Å²) in [6.45, 7) is 4.06. The number of amides is 3. The van der Waals surface area contributed by atoms with E-state index in [1.807, 2.05) is 6.92 Å². The molecule has 0 saturated carbocycles. The number of rotatable bonds is 6. The zero-order valence-electron chi connectivity index (χ0n) is 17.2. The Morgan fingerprint density at radius 2 is 1.97 bits per heavy atom. The molecule has 0 bridgehead atoms. The van der Waals surface area contributed by atoms with E-state index in [9.17, 15) is 14.4 Å². The summed E-state index contributed by atoms with van der Waals surface area (Å²) in [5, 5.41) is 5.86. The fraction of sp³-hybridized carbons (Fsp3) is 0.381. The van der Waals surface area contributed by atoms with Gasteiger partial charge in [-0.25, -0.2) is 4.98 Å². The Kier molecular flexibility index (Phi) is 6.36. The Balaban J connectivity index is 1.26. The number of benzene rings is 1. The minimum absolute atomic E-state index is 0.0651. The van der Waals surface area contributed by atoms with Gasteiger partial charge in [0.1, 0.15) is 5.25 Å². The van der Waals surface area contributed by atoms with Gasteiger partial charge in [0, 0.05) is 36.5 Å². The molecule has 1 aromatic carbocycles. The van der Waals surface area contributed by atoms with Crippen LogP contribution >= 0.6 is 11.8 Å². The van der Waals surface area contributed by atoms with Gasteiger partial charge in [-0.3, -0.25) is 14.4 Å². The Bertz CT molecular complexity index is 1010. The van der Waals surface area contributed by atoms with Crippen LogP contribution < -0.4 is 10.6 Å². The first-order valence-electron chi connectivity index (χ1n) is 10.2. The molecule has 2 aliphatic rings. The molecule has 0 aliphatic carbocycles. The van der Waals surface area contributed by atoms with E-state index < -0.39 is 5.25 Å². The summed E-state index contributed by atoms with van der Waals surface area (Å²) in [5.74, 6) is -0.726. The molecule has 0 spiro atoms. The molecule has 1 atom stereocenters. The minimum Gasteiger partial charge on any atom is -0.351 e. The maximum absolute atomic E-state index is 12.4. The number of aliphatic imine (C=N–C) groups is 1. The van der Waals surface area contributed by atoms with Crippen molar-refractivity contribution in [1.29, 1.82) is 0 Å². The number of thioether (sulfide) groups is 1. The summed E-state index contributed by atoms with van der Waals surface area (Å²) < 4.78 is 0. The number of carbonyl (C=O) groups excluding carboxylic acids is 3. The monoisotopic (exact) mass is 440 g/mol. The Morgan fingerprint density at radius 1 is 1.23 bits per heavy atom. The number of imidazole rings is 1. The first-order chi connectivity index (χ1) is 15.0. The third-order valence-corrected chi connectivity index (χ3v) is 6.47. The molecule has 1 saturated heterocycles. The quantitative estimate of drug-likeness (QED) is 0.633. The second-order valence-electron chi connectivity index (χ2n) is 7.52. The molecule has 1 aromatic heterocycles. The molecule has 4 rings (SSSR count). The van der Waals surface area contributed by atoms with E-state index in [4.69, 9.17) is 0 Å². The van der Waals surface area contributed by atoms with Gasteiger partial charge in [0.15, 0.2) is 5.17 Å². The van der Waals surface area contributed by atoms with Crippen LogP contribution in [0.1, 0.15) is 41.0 Å². The number of carbonyl (C=O) groups is 3. The van der Waals surface area contributed by atoms with Crippen LogP contribution in [0.25, 0.3) is 0 Å². The van der Waals surface area contributed by atoms with Crippen molar-refractivity contribution >= 4 is 40.3 Å². The third kappa shape index (κ3) is 5.13. The molecule has 31 heavy (non-hydrogen) atoms. The van der Waals surface area contributed by atoms with Crippen molar-refractivity contribution in [2.75, 3.05) is 18.4 Å². The van der Waals surface area contributed by atoms with Crippen molar-refractivity contribution < 1.29 is 14.4 Å². The number of nitrogens with zero attached hydrogens (tertiary/aromatic N) is 3. The first-order valence-corrected chi connectivity index (χ1v) is 11.1. The molecule has 1 fully saturated rings. The van der Waals surface area contributed by atoms with E-state index >= 15 is 0 Å². The highest BCUT2D eigenvalue weighted by Gasteiger charge is 2.33. The number of aromatic amines is 1. The fourth-order valence-corrected chi connectivity index (χ4v) is 4.59. The van der Waals surface area contributed by atoms with E-state index in [-0.39, 0.29) is 24.1 Å². The predicted octanol–water partition coefficient (Wildman–Crippen LogP) is 2.07. The zero-order valence-corrected chi connectivity index (χ0v) is 18.0. The summed E-state index contributed by atoms with van der Waals surface area (Å²) in [7, 11) is 0. The summed E-state index contributed by atoms with van der Waals surface area (Å²) in [6.07, 6.45) is 3.87. The first kappa shape index (κ1) is 21.1. The van der Waals surface area contributed by atoms with Gasteiger partial charge >= 0.3 is 0 Å². The molecule has 162 valence electrons. The van der Waals surface area contributed by atoms with Crippen LogP contribution in [-0.4, -0.2) is 56.1 Å². The summed E-state index contributed by atoms with van der Waals surface area (Å²) in [4.78, 5) is 50.2. The van der Waals surface area contributed by atoms with Gasteiger partial charge in [-0.05, 0) is 44.0 Å². The van der Waals surface area contributed by atoms with Crippen molar-refractivity contribution in [2.45, 2.75) is 38.0 Å². The lowest BCUT2D eigenvalue weighted by Gasteiger charge is -2.16. The maximum Gasteiger partial charge on any atom is 0.262 e. The van der Waals surface area contributed by atoms with Crippen molar-refractivity contribution in [3.63, 3.8) is 0 Å². The van der Waals surface area contributed by atoms with Crippen LogP contribution in [0.4, 0.5) is 5.69 Å². The van der Waals surface area contributed by atoms with Crippen LogP contribution in [0.15, 0.2) is 35.6 Å². The zero-order chi connectivity index (χ0) is 21.8. The average molecular weight is 441 g/mol. The van der Waals surface area contributed by atoms with Gasteiger partial charge in [0.2, 0.25) is 5.91 Å². The molecule has 3 N–H and O–H groups in total. The molecule has 3 heterocycles.